The third-order valence-electron chi connectivity index (χ3n) is 2.88. The van der Waals surface area contributed by atoms with E-state index in [1.54, 1.807) is 0 Å². The second-order valence-corrected chi connectivity index (χ2v) is 4.62. The van der Waals surface area contributed by atoms with Crippen molar-refractivity contribution in [2.75, 3.05) is 36.5 Å². The number of hydrogen-bond donors (Lipinski definition) is 1. The quantitative estimate of drug-likeness (QED) is 0.897. The second kappa shape index (κ2) is 6.15. The summed E-state index contributed by atoms with van der Waals surface area (Å²) in [6.45, 7) is 7.12. The van der Waals surface area contributed by atoms with Gasteiger partial charge in [-0.1, -0.05) is 6.92 Å². The van der Waals surface area contributed by atoms with Gasteiger partial charge in [-0.05, 0) is 24.9 Å². The molecule has 1 aliphatic heterocycles. The molecule has 1 aromatic rings. The molecule has 0 aromatic carbocycles. The van der Waals surface area contributed by atoms with Crippen molar-refractivity contribution in [2.24, 2.45) is 0 Å². The molecule has 0 bridgehead atoms. The van der Waals surface area contributed by atoms with E-state index in [9.17, 15) is 0 Å². The summed E-state index contributed by atoms with van der Waals surface area (Å²) in [6.07, 6.45) is 0.996. The van der Waals surface area contributed by atoms with Crippen LogP contribution in [0.2, 0.25) is 5.28 Å². The zero-order chi connectivity index (χ0) is 13.0. The van der Waals surface area contributed by atoms with Gasteiger partial charge >= 0.3 is 0 Å². The highest BCUT2D eigenvalue weighted by Crippen LogP contribution is 2.15. The summed E-state index contributed by atoms with van der Waals surface area (Å²) in [5, 5.41) is 3.43. The van der Waals surface area contributed by atoms with Gasteiger partial charge in [0, 0.05) is 19.1 Å². The lowest BCUT2D eigenvalue weighted by atomic mass is 10.3. The smallest absolute Gasteiger partial charge is 0.231 e. The maximum Gasteiger partial charge on any atom is 0.231 e. The van der Waals surface area contributed by atoms with E-state index in [0.29, 0.717) is 31.2 Å². The van der Waals surface area contributed by atoms with Crippen molar-refractivity contribution >= 4 is 23.5 Å². The molecule has 18 heavy (non-hydrogen) atoms. The lowest BCUT2D eigenvalue weighted by Crippen LogP contribution is -2.37. The van der Waals surface area contributed by atoms with Gasteiger partial charge in [-0.2, -0.15) is 15.0 Å². The van der Waals surface area contributed by atoms with E-state index in [1.807, 2.05) is 0 Å². The summed E-state index contributed by atoms with van der Waals surface area (Å²) >= 11 is 5.94. The van der Waals surface area contributed by atoms with Crippen molar-refractivity contribution in [2.45, 2.75) is 26.3 Å². The van der Waals surface area contributed by atoms with Gasteiger partial charge in [0.05, 0.1) is 13.2 Å². The minimum Gasteiger partial charge on any atom is -0.378 e. The highest BCUT2D eigenvalue weighted by atomic mass is 35.5. The first kappa shape index (κ1) is 13.3. The summed E-state index contributed by atoms with van der Waals surface area (Å²) in [5.41, 5.74) is 0. The topological polar surface area (TPSA) is 63.2 Å². The molecule has 2 heterocycles. The lowest BCUT2D eigenvalue weighted by Gasteiger charge is -2.27. The Bertz CT molecular complexity index is 397. The van der Waals surface area contributed by atoms with Crippen LogP contribution in [0.25, 0.3) is 0 Å². The zero-order valence-electron chi connectivity index (χ0n) is 10.7. The molecule has 1 aromatic heterocycles. The van der Waals surface area contributed by atoms with Crippen LogP contribution in [0.1, 0.15) is 20.3 Å². The number of aromatic nitrogens is 3. The van der Waals surface area contributed by atoms with Gasteiger partial charge in [-0.25, -0.2) is 0 Å². The fourth-order valence-electron chi connectivity index (χ4n) is 1.63. The zero-order valence-corrected chi connectivity index (χ0v) is 11.4. The summed E-state index contributed by atoms with van der Waals surface area (Å²) in [4.78, 5) is 14.7. The molecule has 1 aliphatic rings. The van der Waals surface area contributed by atoms with Crippen molar-refractivity contribution in [3.05, 3.63) is 5.28 Å². The molecule has 0 saturated carbocycles. The fraction of sp³-hybridized carbons (Fsp3) is 0.727. The number of ether oxygens (including phenoxy) is 1. The molecular weight excluding hydrogens is 254 g/mol. The minimum atomic E-state index is 0.220. The minimum absolute atomic E-state index is 0.220. The van der Waals surface area contributed by atoms with Crippen LogP contribution < -0.4 is 10.2 Å². The third kappa shape index (κ3) is 3.43. The second-order valence-electron chi connectivity index (χ2n) is 4.28. The number of rotatable bonds is 4. The van der Waals surface area contributed by atoms with Gasteiger partial charge in [0.25, 0.3) is 0 Å². The van der Waals surface area contributed by atoms with E-state index in [0.717, 1.165) is 19.5 Å². The monoisotopic (exact) mass is 271 g/mol. The summed E-state index contributed by atoms with van der Waals surface area (Å²) in [6, 6.07) is 0.306. The number of halogens is 1. The van der Waals surface area contributed by atoms with Crippen LogP contribution in [0.4, 0.5) is 11.9 Å². The molecular formula is C11H18ClN5O. The number of morpholine rings is 1. The molecule has 100 valence electrons. The van der Waals surface area contributed by atoms with Gasteiger partial charge in [-0.3, -0.25) is 0 Å². The first-order chi connectivity index (χ1) is 8.69. The highest BCUT2D eigenvalue weighted by molar-refractivity contribution is 6.28. The molecule has 1 N–H and O–H groups in total. The standard InChI is InChI=1S/C11H18ClN5O/c1-3-8(2)13-10-14-9(12)15-11(16-10)17-4-6-18-7-5-17/h8H,3-7H2,1-2H3,(H,13,14,15,16)/t8-/m0/s1. The van der Waals surface area contributed by atoms with Gasteiger partial charge < -0.3 is 15.0 Å². The van der Waals surface area contributed by atoms with Gasteiger partial charge in [0.2, 0.25) is 17.2 Å². The molecule has 0 aliphatic carbocycles. The van der Waals surface area contributed by atoms with Crippen LogP contribution in [0.3, 0.4) is 0 Å². The predicted octanol–water partition coefficient (Wildman–Crippen LogP) is 1.57. The van der Waals surface area contributed by atoms with Crippen LogP contribution in [0.15, 0.2) is 0 Å². The van der Waals surface area contributed by atoms with Crippen LogP contribution >= 0.6 is 11.6 Å². The maximum absolute atomic E-state index is 5.94. The number of nitrogens with one attached hydrogen (secondary N) is 1. The van der Waals surface area contributed by atoms with Gasteiger partial charge in [0.15, 0.2) is 0 Å². The SMILES string of the molecule is CC[C@H](C)Nc1nc(Cl)nc(N2CCOCC2)n1. The predicted molar refractivity (Wildman–Crippen MR) is 71.2 cm³/mol. The molecule has 1 atom stereocenters. The molecule has 1 saturated heterocycles. The Balaban J connectivity index is 2.14. The number of anilines is 2. The van der Waals surface area contributed by atoms with E-state index in [1.165, 1.54) is 0 Å². The van der Waals surface area contributed by atoms with E-state index in [-0.39, 0.29) is 5.28 Å². The third-order valence-corrected chi connectivity index (χ3v) is 3.05. The molecule has 0 spiro atoms. The van der Waals surface area contributed by atoms with Crippen molar-refractivity contribution in [1.82, 2.24) is 15.0 Å². The van der Waals surface area contributed by atoms with Crippen LogP contribution in [0.5, 0.6) is 0 Å². The Morgan fingerprint density at radius 2 is 2.06 bits per heavy atom. The maximum atomic E-state index is 5.94. The summed E-state index contributed by atoms with van der Waals surface area (Å²) in [5.74, 6) is 1.15. The molecule has 2 rings (SSSR count). The first-order valence-electron chi connectivity index (χ1n) is 6.20. The van der Waals surface area contributed by atoms with Gasteiger partial charge in [-0.15, -0.1) is 0 Å². The lowest BCUT2D eigenvalue weighted by molar-refractivity contribution is 0.122. The molecule has 7 heteroatoms. The molecule has 0 amide bonds. The van der Waals surface area contributed by atoms with E-state index in [4.69, 9.17) is 16.3 Å². The normalized spacial score (nSPS) is 17.6. The largest absolute Gasteiger partial charge is 0.378 e. The van der Waals surface area contributed by atoms with Crippen molar-refractivity contribution in [3.63, 3.8) is 0 Å². The summed E-state index contributed by atoms with van der Waals surface area (Å²) in [7, 11) is 0. The number of nitrogens with zero attached hydrogens (tertiary/aromatic N) is 4. The molecule has 6 nitrogen and oxygen atoms in total. The van der Waals surface area contributed by atoms with Crippen LogP contribution in [-0.2, 0) is 4.74 Å². The van der Waals surface area contributed by atoms with Crippen LogP contribution in [-0.4, -0.2) is 47.3 Å². The summed E-state index contributed by atoms with van der Waals surface area (Å²) < 4.78 is 5.30. The molecule has 0 radical (unpaired) electrons. The van der Waals surface area contributed by atoms with Crippen molar-refractivity contribution < 1.29 is 4.74 Å². The average Bonchev–Trinajstić information content (AvgIpc) is 2.39. The Kier molecular flexibility index (Phi) is 4.54. The Morgan fingerprint density at radius 1 is 1.33 bits per heavy atom. The Labute approximate surface area is 112 Å². The first-order valence-corrected chi connectivity index (χ1v) is 6.57. The van der Waals surface area contributed by atoms with Gasteiger partial charge in [0.1, 0.15) is 0 Å². The van der Waals surface area contributed by atoms with Crippen molar-refractivity contribution in [3.8, 4) is 0 Å². The molecule has 1 fully saturated rings. The Morgan fingerprint density at radius 3 is 2.72 bits per heavy atom. The Hall–Kier alpha value is -1.14. The van der Waals surface area contributed by atoms with Crippen LogP contribution in [0, 0.1) is 0 Å². The van der Waals surface area contributed by atoms with E-state index in [2.05, 4.69) is 39.0 Å². The van der Waals surface area contributed by atoms with E-state index < -0.39 is 0 Å². The van der Waals surface area contributed by atoms with E-state index >= 15 is 0 Å². The number of hydrogen-bond acceptors (Lipinski definition) is 6. The van der Waals surface area contributed by atoms with Crippen molar-refractivity contribution in [1.29, 1.82) is 0 Å². The fourth-order valence-corrected chi connectivity index (χ4v) is 1.79. The molecule has 0 unspecified atom stereocenters. The highest BCUT2D eigenvalue weighted by Gasteiger charge is 2.16. The average molecular weight is 272 g/mol.